The summed E-state index contributed by atoms with van der Waals surface area (Å²) in [7, 11) is 0. The van der Waals surface area contributed by atoms with Crippen LogP contribution in [0.25, 0.3) is 11.3 Å². The first-order chi connectivity index (χ1) is 11.4. The fraction of sp³-hybridized carbons (Fsp3) is 0.556. The molecule has 3 heterocycles. The first-order valence-corrected chi connectivity index (χ1v) is 8.70. The van der Waals surface area contributed by atoms with Crippen LogP contribution in [0.4, 0.5) is 0 Å². The third-order valence-corrected chi connectivity index (χ3v) is 5.10. The first-order valence-electron chi connectivity index (χ1n) is 8.70. The minimum atomic E-state index is 0.247. The molecule has 5 heteroatoms. The molecule has 0 spiro atoms. The first kappa shape index (κ1) is 14.8. The van der Waals surface area contributed by atoms with Gasteiger partial charge in [-0.25, -0.2) is 4.98 Å². The number of aromatic nitrogens is 3. The molecule has 0 bridgehead atoms. The molecule has 122 valence electrons. The van der Waals surface area contributed by atoms with E-state index < -0.39 is 0 Å². The fourth-order valence-electron chi connectivity index (χ4n) is 3.88. The maximum Gasteiger partial charge on any atom is 0.126 e. The summed E-state index contributed by atoms with van der Waals surface area (Å²) >= 11 is 0. The average molecular weight is 312 g/mol. The maximum absolute atomic E-state index is 5.76. The largest absolute Gasteiger partial charge is 0.378 e. The molecule has 2 fully saturated rings. The Morgan fingerprint density at radius 2 is 2.09 bits per heavy atom. The van der Waals surface area contributed by atoms with Gasteiger partial charge in [0.2, 0.25) is 0 Å². The number of H-pyrrole nitrogens is 1. The van der Waals surface area contributed by atoms with Gasteiger partial charge >= 0.3 is 0 Å². The number of pyridine rings is 1. The summed E-state index contributed by atoms with van der Waals surface area (Å²) < 4.78 is 5.76. The molecule has 0 aromatic carbocycles. The number of nitrogens with one attached hydrogen (secondary N) is 1. The van der Waals surface area contributed by atoms with Crippen LogP contribution < -0.4 is 0 Å². The van der Waals surface area contributed by atoms with E-state index in [1.807, 2.05) is 18.5 Å². The molecule has 2 aliphatic rings. The smallest absolute Gasteiger partial charge is 0.126 e. The lowest BCUT2D eigenvalue weighted by atomic mass is 9.93. The second-order valence-corrected chi connectivity index (χ2v) is 6.54. The summed E-state index contributed by atoms with van der Waals surface area (Å²) in [5, 5.41) is 0. The fourth-order valence-corrected chi connectivity index (χ4v) is 3.88. The Labute approximate surface area is 137 Å². The SMILES string of the molecule is c1cncc(-c2cnc([C@@H]3COCCN3C3CCCCC3)[nH]2)c1. The van der Waals surface area contributed by atoms with E-state index in [2.05, 4.69) is 25.9 Å². The molecule has 4 rings (SSSR count). The second-order valence-electron chi connectivity index (χ2n) is 6.54. The third-order valence-electron chi connectivity index (χ3n) is 5.10. The van der Waals surface area contributed by atoms with Crippen molar-refractivity contribution in [3.8, 4) is 11.3 Å². The van der Waals surface area contributed by atoms with Gasteiger partial charge in [-0.1, -0.05) is 19.3 Å². The molecule has 0 amide bonds. The van der Waals surface area contributed by atoms with Crippen molar-refractivity contribution in [3.05, 3.63) is 36.5 Å². The van der Waals surface area contributed by atoms with Gasteiger partial charge in [-0.15, -0.1) is 0 Å². The summed E-state index contributed by atoms with van der Waals surface area (Å²) in [4.78, 5) is 15.0. The zero-order valence-corrected chi connectivity index (χ0v) is 13.4. The minimum absolute atomic E-state index is 0.247. The minimum Gasteiger partial charge on any atom is -0.378 e. The van der Waals surface area contributed by atoms with E-state index in [1.54, 1.807) is 6.20 Å². The van der Waals surface area contributed by atoms with E-state index in [4.69, 9.17) is 4.74 Å². The average Bonchev–Trinajstić information content (AvgIpc) is 3.13. The van der Waals surface area contributed by atoms with Crippen molar-refractivity contribution in [2.75, 3.05) is 19.8 Å². The molecule has 1 N–H and O–H groups in total. The summed E-state index contributed by atoms with van der Waals surface area (Å²) in [5.41, 5.74) is 2.11. The number of morpholine rings is 1. The Morgan fingerprint density at radius 1 is 1.17 bits per heavy atom. The number of aromatic amines is 1. The van der Waals surface area contributed by atoms with Gasteiger partial charge in [0.05, 0.1) is 31.1 Å². The third kappa shape index (κ3) is 3.16. The summed E-state index contributed by atoms with van der Waals surface area (Å²) in [5.74, 6) is 1.02. The van der Waals surface area contributed by atoms with Crippen LogP contribution in [0.3, 0.4) is 0 Å². The van der Waals surface area contributed by atoms with Crippen LogP contribution >= 0.6 is 0 Å². The lowest BCUT2D eigenvalue weighted by Crippen LogP contribution is -2.46. The monoisotopic (exact) mass is 312 g/mol. The van der Waals surface area contributed by atoms with Crippen molar-refractivity contribution in [1.29, 1.82) is 0 Å². The number of imidazole rings is 1. The van der Waals surface area contributed by atoms with E-state index in [0.29, 0.717) is 6.04 Å². The predicted molar refractivity (Wildman–Crippen MR) is 89.0 cm³/mol. The highest BCUT2D eigenvalue weighted by Gasteiger charge is 2.32. The van der Waals surface area contributed by atoms with Crippen molar-refractivity contribution in [2.45, 2.75) is 44.2 Å². The van der Waals surface area contributed by atoms with Gasteiger partial charge < -0.3 is 9.72 Å². The quantitative estimate of drug-likeness (QED) is 0.946. The molecular weight excluding hydrogens is 288 g/mol. The predicted octanol–water partition coefficient (Wildman–Crippen LogP) is 3.18. The van der Waals surface area contributed by atoms with E-state index in [-0.39, 0.29) is 6.04 Å². The molecular formula is C18H24N4O. The highest BCUT2D eigenvalue weighted by Crippen LogP contribution is 2.32. The lowest BCUT2D eigenvalue weighted by Gasteiger charge is -2.41. The van der Waals surface area contributed by atoms with Crippen molar-refractivity contribution >= 4 is 0 Å². The van der Waals surface area contributed by atoms with E-state index in [9.17, 15) is 0 Å². The Kier molecular flexibility index (Phi) is 4.39. The molecule has 0 unspecified atom stereocenters. The molecule has 2 aromatic heterocycles. The van der Waals surface area contributed by atoms with E-state index in [0.717, 1.165) is 36.8 Å². The normalized spacial score (nSPS) is 23.9. The molecule has 0 radical (unpaired) electrons. The number of ether oxygens (including phenoxy) is 1. The zero-order valence-electron chi connectivity index (χ0n) is 13.4. The Hall–Kier alpha value is -1.72. The van der Waals surface area contributed by atoms with Crippen LogP contribution in [-0.2, 0) is 4.74 Å². The molecule has 1 saturated heterocycles. The van der Waals surface area contributed by atoms with Crippen LogP contribution in [0, 0.1) is 0 Å². The van der Waals surface area contributed by atoms with E-state index in [1.165, 1.54) is 32.1 Å². The Bertz CT molecular complexity index is 621. The summed E-state index contributed by atoms with van der Waals surface area (Å²) in [6, 6.07) is 4.94. The molecule has 2 aromatic rings. The molecule has 1 aliphatic carbocycles. The number of rotatable bonds is 3. The number of hydrogen-bond acceptors (Lipinski definition) is 4. The van der Waals surface area contributed by atoms with Crippen LogP contribution in [-0.4, -0.2) is 45.7 Å². The Morgan fingerprint density at radius 3 is 2.91 bits per heavy atom. The second kappa shape index (κ2) is 6.81. The topological polar surface area (TPSA) is 54.0 Å². The Balaban J connectivity index is 1.56. The van der Waals surface area contributed by atoms with Gasteiger partial charge in [0.25, 0.3) is 0 Å². The van der Waals surface area contributed by atoms with Gasteiger partial charge in [-0.3, -0.25) is 9.88 Å². The van der Waals surface area contributed by atoms with Gasteiger partial charge in [0.1, 0.15) is 5.82 Å². The van der Waals surface area contributed by atoms with Gasteiger partial charge in [0, 0.05) is 30.5 Å². The van der Waals surface area contributed by atoms with Gasteiger partial charge in [-0.05, 0) is 25.0 Å². The van der Waals surface area contributed by atoms with Crippen molar-refractivity contribution < 1.29 is 4.74 Å². The highest BCUT2D eigenvalue weighted by atomic mass is 16.5. The van der Waals surface area contributed by atoms with Crippen LogP contribution in [0.15, 0.2) is 30.7 Å². The van der Waals surface area contributed by atoms with Crippen molar-refractivity contribution in [3.63, 3.8) is 0 Å². The number of hydrogen-bond donors (Lipinski definition) is 1. The zero-order chi connectivity index (χ0) is 15.5. The van der Waals surface area contributed by atoms with Crippen LogP contribution in [0.1, 0.15) is 44.0 Å². The molecule has 23 heavy (non-hydrogen) atoms. The molecule has 1 saturated carbocycles. The summed E-state index contributed by atoms with van der Waals surface area (Å²) in [6.45, 7) is 2.58. The number of nitrogens with zero attached hydrogens (tertiary/aromatic N) is 3. The molecule has 1 aliphatic heterocycles. The van der Waals surface area contributed by atoms with E-state index >= 15 is 0 Å². The highest BCUT2D eigenvalue weighted by molar-refractivity contribution is 5.56. The van der Waals surface area contributed by atoms with Crippen molar-refractivity contribution in [2.24, 2.45) is 0 Å². The summed E-state index contributed by atoms with van der Waals surface area (Å²) in [6.07, 6.45) is 12.3. The van der Waals surface area contributed by atoms with Gasteiger partial charge in [-0.2, -0.15) is 0 Å². The van der Waals surface area contributed by atoms with Crippen LogP contribution in [0.2, 0.25) is 0 Å². The van der Waals surface area contributed by atoms with Crippen LogP contribution in [0.5, 0.6) is 0 Å². The molecule has 5 nitrogen and oxygen atoms in total. The standard InChI is InChI=1S/C18H24N4O/c1-2-6-15(7-3-1)22-9-10-23-13-17(22)18-20-12-16(21-18)14-5-4-8-19-11-14/h4-5,8,11-12,15,17H,1-3,6-7,9-10,13H2,(H,20,21)/t17-/m0/s1. The molecule has 1 atom stereocenters. The van der Waals surface area contributed by atoms with Crippen molar-refractivity contribution in [1.82, 2.24) is 19.9 Å². The van der Waals surface area contributed by atoms with Gasteiger partial charge in [0.15, 0.2) is 0 Å². The maximum atomic E-state index is 5.76. The lowest BCUT2D eigenvalue weighted by molar-refractivity contribution is -0.0400.